The van der Waals surface area contributed by atoms with Crippen molar-refractivity contribution in [3.8, 4) is 0 Å². The number of nitrogens with zero attached hydrogens (tertiary/aromatic N) is 1. The van der Waals surface area contributed by atoms with Gasteiger partial charge in [0.15, 0.2) is 0 Å². The summed E-state index contributed by atoms with van der Waals surface area (Å²) in [7, 11) is -3.63. The monoisotopic (exact) mass is 352 g/mol. The van der Waals surface area contributed by atoms with E-state index >= 15 is 0 Å². The molecule has 0 radical (unpaired) electrons. The van der Waals surface area contributed by atoms with Gasteiger partial charge in [0.05, 0.1) is 22.0 Å². The van der Waals surface area contributed by atoms with Gasteiger partial charge in [0.1, 0.15) is 6.54 Å². The van der Waals surface area contributed by atoms with E-state index in [-0.39, 0.29) is 17.3 Å². The van der Waals surface area contributed by atoms with Crippen LogP contribution in [-0.4, -0.2) is 32.7 Å². The zero-order valence-corrected chi connectivity index (χ0v) is 14.6. The van der Waals surface area contributed by atoms with Crippen molar-refractivity contribution >= 4 is 44.8 Å². The van der Waals surface area contributed by atoms with Crippen LogP contribution in [-0.2, 0) is 14.8 Å². The molecule has 0 fully saturated rings. The number of sulfonamides is 1. The van der Waals surface area contributed by atoms with Gasteiger partial charge in [-0.05, 0) is 39.0 Å². The highest BCUT2D eigenvalue weighted by atomic mass is 35.5. The van der Waals surface area contributed by atoms with Crippen LogP contribution in [0.15, 0.2) is 18.2 Å². The van der Waals surface area contributed by atoms with Crippen molar-refractivity contribution < 1.29 is 13.2 Å². The summed E-state index contributed by atoms with van der Waals surface area (Å²) in [6, 6.07) is 4.40. The van der Waals surface area contributed by atoms with Crippen LogP contribution < -0.4 is 9.62 Å². The Labute approximate surface area is 135 Å². The summed E-state index contributed by atoms with van der Waals surface area (Å²) >= 11 is 11.7. The lowest BCUT2D eigenvalue weighted by Crippen LogP contribution is -2.47. The number of nitrogens with one attached hydrogen (secondary N) is 1. The molecule has 0 unspecified atom stereocenters. The van der Waals surface area contributed by atoms with Crippen molar-refractivity contribution in [1.82, 2.24) is 5.32 Å². The molecule has 1 amide bonds. The van der Waals surface area contributed by atoms with E-state index in [1.54, 1.807) is 0 Å². The molecule has 1 N–H and O–H groups in total. The molecule has 0 aliphatic carbocycles. The molecule has 0 bridgehead atoms. The van der Waals surface area contributed by atoms with Gasteiger partial charge in [0.25, 0.3) is 0 Å². The molecule has 0 atom stereocenters. The largest absolute Gasteiger partial charge is 0.350 e. The van der Waals surface area contributed by atoms with E-state index in [1.807, 2.05) is 20.8 Å². The highest BCUT2D eigenvalue weighted by molar-refractivity contribution is 7.92. The van der Waals surface area contributed by atoms with Gasteiger partial charge < -0.3 is 5.32 Å². The second-order valence-corrected chi connectivity index (χ2v) is 8.39. The number of carbonyl (C=O) groups excluding carboxylic acids is 1. The molecule has 21 heavy (non-hydrogen) atoms. The average molecular weight is 353 g/mol. The van der Waals surface area contributed by atoms with Crippen LogP contribution in [0.3, 0.4) is 0 Å². The van der Waals surface area contributed by atoms with E-state index < -0.39 is 21.5 Å². The Bertz CT molecular complexity index is 639. The molecule has 0 spiro atoms. The van der Waals surface area contributed by atoms with Gasteiger partial charge in [-0.1, -0.05) is 23.2 Å². The second-order valence-electron chi connectivity index (χ2n) is 5.67. The summed E-state index contributed by atoms with van der Waals surface area (Å²) in [5.74, 6) is -0.404. The fourth-order valence-electron chi connectivity index (χ4n) is 1.63. The maximum atomic E-state index is 12.0. The Hall–Kier alpha value is -0.980. The molecule has 1 aromatic rings. The van der Waals surface area contributed by atoms with Gasteiger partial charge in [-0.25, -0.2) is 8.42 Å². The van der Waals surface area contributed by atoms with Gasteiger partial charge in [-0.15, -0.1) is 0 Å². The standard InChI is InChI=1S/C13H18Cl2N2O3S/c1-13(2,3)16-12(18)8-17(21(4,19)20)9-5-6-10(14)11(15)7-9/h5-7H,8H2,1-4H3,(H,16,18). The molecule has 8 heteroatoms. The number of halogens is 2. The lowest BCUT2D eigenvalue weighted by molar-refractivity contribution is -0.121. The third-order valence-electron chi connectivity index (χ3n) is 2.39. The fraction of sp³-hybridized carbons (Fsp3) is 0.462. The molecule has 118 valence electrons. The first-order chi connectivity index (χ1) is 9.40. The van der Waals surface area contributed by atoms with Crippen LogP contribution in [0, 0.1) is 0 Å². The number of rotatable bonds is 4. The third kappa shape index (κ3) is 5.73. The fourth-order valence-corrected chi connectivity index (χ4v) is 2.77. The Morgan fingerprint density at radius 1 is 1.24 bits per heavy atom. The lowest BCUT2D eigenvalue weighted by Gasteiger charge is -2.26. The van der Waals surface area contributed by atoms with Crippen LogP contribution in [0.2, 0.25) is 10.0 Å². The maximum absolute atomic E-state index is 12.0. The van der Waals surface area contributed by atoms with E-state index in [0.717, 1.165) is 10.6 Å². The van der Waals surface area contributed by atoms with E-state index in [9.17, 15) is 13.2 Å². The van der Waals surface area contributed by atoms with Crippen molar-refractivity contribution in [2.24, 2.45) is 0 Å². The third-order valence-corrected chi connectivity index (χ3v) is 4.27. The molecule has 0 saturated heterocycles. The molecular weight excluding hydrogens is 335 g/mol. The minimum atomic E-state index is -3.63. The number of carbonyl (C=O) groups is 1. The Balaban J connectivity index is 3.08. The number of hydrogen-bond donors (Lipinski definition) is 1. The zero-order valence-electron chi connectivity index (χ0n) is 12.3. The van der Waals surface area contributed by atoms with Crippen molar-refractivity contribution in [1.29, 1.82) is 0 Å². The highest BCUT2D eigenvalue weighted by Gasteiger charge is 2.23. The van der Waals surface area contributed by atoms with Crippen LogP contribution in [0.4, 0.5) is 5.69 Å². The Morgan fingerprint density at radius 3 is 2.24 bits per heavy atom. The van der Waals surface area contributed by atoms with Crippen molar-refractivity contribution in [2.75, 3.05) is 17.1 Å². The number of amides is 1. The molecule has 0 saturated carbocycles. The quantitative estimate of drug-likeness (QED) is 0.905. The number of anilines is 1. The molecule has 0 aromatic heterocycles. The first kappa shape index (κ1) is 18.1. The van der Waals surface area contributed by atoms with Crippen molar-refractivity contribution in [2.45, 2.75) is 26.3 Å². The van der Waals surface area contributed by atoms with Crippen LogP contribution in [0.1, 0.15) is 20.8 Å². The first-order valence-electron chi connectivity index (χ1n) is 6.14. The molecular formula is C13H18Cl2N2O3S. The summed E-state index contributed by atoms with van der Waals surface area (Å²) in [5, 5.41) is 3.25. The molecule has 1 rings (SSSR count). The molecule has 1 aromatic carbocycles. The molecule has 0 aliphatic rings. The number of benzene rings is 1. The predicted octanol–water partition coefficient (Wildman–Crippen LogP) is 2.67. The van der Waals surface area contributed by atoms with Gasteiger partial charge >= 0.3 is 0 Å². The Kier molecular flexibility index (Phi) is 5.52. The first-order valence-corrected chi connectivity index (χ1v) is 8.74. The van der Waals surface area contributed by atoms with E-state index in [0.29, 0.717) is 5.02 Å². The lowest BCUT2D eigenvalue weighted by atomic mass is 10.1. The Morgan fingerprint density at radius 2 is 1.81 bits per heavy atom. The summed E-state index contributed by atoms with van der Waals surface area (Å²) in [4.78, 5) is 12.0. The molecule has 5 nitrogen and oxygen atoms in total. The number of hydrogen-bond acceptors (Lipinski definition) is 3. The second kappa shape index (κ2) is 6.42. The van der Waals surface area contributed by atoms with Gasteiger partial charge in [0.2, 0.25) is 15.9 Å². The van der Waals surface area contributed by atoms with Gasteiger partial charge in [-0.3, -0.25) is 9.10 Å². The van der Waals surface area contributed by atoms with E-state index in [1.165, 1.54) is 18.2 Å². The summed E-state index contributed by atoms with van der Waals surface area (Å²) in [6.45, 7) is 5.12. The minimum Gasteiger partial charge on any atom is -0.350 e. The minimum absolute atomic E-state index is 0.221. The highest BCUT2D eigenvalue weighted by Crippen LogP contribution is 2.28. The summed E-state index contributed by atoms with van der Waals surface area (Å²) in [5.41, 5.74) is -0.159. The SMILES string of the molecule is CC(C)(C)NC(=O)CN(c1ccc(Cl)c(Cl)c1)S(C)(=O)=O. The van der Waals surface area contributed by atoms with Gasteiger partial charge in [-0.2, -0.15) is 0 Å². The van der Waals surface area contributed by atoms with Gasteiger partial charge in [0, 0.05) is 5.54 Å². The van der Waals surface area contributed by atoms with Crippen molar-refractivity contribution in [3.05, 3.63) is 28.2 Å². The smallest absolute Gasteiger partial charge is 0.241 e. The summed E-state index contributed by atoms with van der Waals surface area (Å²) in [6.07, 6.45) is 1.03. The summed E-state index contributed by atoms with van der Waals surface area (Å²) < 4.78 is 24.8. The normalized spacial score (nSPS) is 12.1. The molecule has 0 heterocycles. The average Bonchev–Trinajstić information content (AvgIpc) is 2.26. The predicted molar refractivity (Wildman–Crippen MR) is 86.5 cm³/mol. The van der Waals surface area contributed by atoms with E-state index in [4.69, 9.17) is 23.2 Å². The van der Waals surface area contributed by atoms with E-state index in [2.05, 4.69) is 5.32 Å². The van der Waals surface area contributed by atoms with Crippen LogP contribution in [0.25, 0.3) is 0 Å². The van der Waals surface area contributed by atoms with Crippen LogP contribution in [0.5, 0.6) is 0 Å². The molecule has 0 aliphatic heterocycles. The zero-order chi connectivity index (χ0) is 16.4. The van der Waals surface area contributed by atoms with Crippen LogP contribution >= 0.6 is 23.2 Å². The van der Waals surface area contributed by atoms with Crippen molar-refractivity contribution in [3.63, 3.8) is 0 Å². The maximum Gasteiger partial charge on any atom is 0.241 e. The topological polar surface area (TPSA) is 66.5 Å².